The number of hydrogen-bond acceptors (Lipinski definition) is 6. The molecule has 0 saturated carbocycles. The van der Waals surface area contributed by atoms with Crippen molar-refractivity contribution in [1.29, 1.82) is 0 Å². The van der Waals surface area contributed by atoms with Crippen molar-refractivity contribution in [3.8, 4) is 5.75 Å². The molecule has 10 heteroatoms. The van der Waals surface area contributed by atoms with Crippen LogP contribution in [0.4, 0.5) is 15.8 Å². The Labute approximate surface area is 245 Å². The van der Waals surface area contributed by atoms with Crippen LogP contribution in [0.3, 0.4) is 0 Å². The number of carbonyl (C=O) groups excluding carboxylic acids is 3. The van der Waals surface area contributed by atoms with Gasteiger partial charge in [0.2, 0.25) is 0 Å². The highest BCUT2D eigenvalue weighted by atomic mass is 19.1. The van der Waals surface area contributed by atoms with Gasteiger partial charge in [0, 0.05) is 62.5 Å². The van der Waals surface area contributed by atoms with E-state index in [1.165, 1.54) is 24.3 Å². The number of benzene rings is 3. The van der Waals surface area contributed by atoms with Crippen LogP contribution in [-0.2, 0) is 0 Å². The summed E-state index contributed by atoms with van der Waals surface area (Å²) in [6, 6.07) is 17.9. The summed E-state index contributed by atoms with van der Waals surface area (Å²) in [7, 11) is 1.57. The van der Waals surface area contributed by atoms with Crippen LogP contribution in [-0.4, -0.2) is 87.0 Å². The second-order valence-corrected chi connectivity index (χ2v) is 10.5. The Bertz CT molecular complexity index is 1420. The lowest BCUT2D eigenvalue weighted by molar-refractivity contribution is 0.0759. The molecule has 0 aromatic heterocycles. The van der Waals surface area contributed by atoms with E-state index in [0.29, 0.717) is 67.4 Å². The highest BCUT2D eigenvalue weighted by molar-refractivity contribution is 6.07. The van der Waals surface area contributed by atoms with Crippen LogP contribution in [0.2, 0.25) is 0 Å². The molecule has 0 bridgehead atoms. The van der Waals surface area contributed by atoms with Gasteiger partial charge in [0.15, 0.2) is 0 Å². The van der Waals surface area contributed by atoms with E-state index in [1.807, 2.05) is 15.9 Å². The summed E-state index contributed by atoms with van der Waals surface area (Å²) in [6.07, 6.45) is 1.60. The average Bonchev–Trinajstić information content (AvgIpc) is 3.45. The molecule has 5 rings (SSSR count). The highest BCUT2D eigenvalue weighted by Gasteiger charge is 2.24. The van der Waals surface area contributed by atoms with Crippen molar-refractivity contribution in [1.82, 2.24) is 15.1 Å². The van der Waals surface area contributed by atoms with E-state index in [-0.39, 0.29) is 11.8 Å². The number of halogens is 1. The zero-order valence-electron chi connectivity index (χ0n) is 23.8. The summed E-state index contributed by atoms with van der Waals surface area (Å²) in [5, 5.41) is 6.28. The molecule has 2 fully saturated rings. The molecule has 220 valence electrons. The first-order valence-electron chi connectivity index (χ1n) is 14.3. The van der Waals surface area contributed by atoms with Crippen molar-refractivity contribution in [3.63, 3.8) is 0 Å². The second kappa shape index (κ2) is 13.5. The van der Waals surface area contributed by atoms with Crippen LogP contribution in [0.1, 0.15) is 43.9 Å². The fourth-order valence-electron chi connectivity index (χ4n) is 5.37. The lowest BCUT2D eigenvalue weighted by Crippen LogP contribution is -2.35. The minimum atomic E-state index is -0.426. The number of rotatable bonds is 6. The predicted octanol–water partition coefficient (Wildman–Crippen LogP) is 3.87. The Morgan fingerprint density at radius 3 is 2.26 bits per heavy atom. The molecule has 3 amide bonds. The summed E-state index contributed by atoms with van der Waals surface area (Å²) >= 11 is 0. The van der Waals surface area contributed by atoms with Gasteiger partial charge in [0.1, 0.15) is 11.6 Å². The van der Waals surface area contributed by atoms with Crippen LogP contribution in [0.25, 0.3) is 0 Å². The molecular formula is C32H36FN5O4. The van der Waals surface area contributed by atoms with Gasteiger partial charge in [-0.05, 0) is 80.1 Å². The molecule has 3 aromatic carbocycles. The van der Waals surface area contributed by atoms with E-state index in [1.54, 1.807) is 43.5 Å². The van der Waals surface area contributed by atoms with Gasteiger partial charge in [0.05, 0.1) is 18.5 Å². The maximum absolute atomic E-state index is 13.5. The summed E-state index contributed by atoms with van der Waals surface area (Å²) in [6.45, 7) is 5.15. The molecule has 2 aliphatic heterocycles. The lowest BCUT2D eigenvalue weighted by Gasteiger charge is -2.27. The van der Waals surface area contributed by atoms with Gasteiger partial charge >= 0.3 is 0 Å². The minimum absolute atomic E-state index is 0.0616. The molecule has 0 unspecified atom stereocenters. The molecular weight excluding hydrogens is 537 g/mol. The molecule has 0 radical (unpaired) electrons. The second-order valence-electron chi connectivity index (χ2n) is 10.5. The summed E-state index contributed by atoms with van der Waals surface area (Å²) in [4.78, 5) is 45.7. The third kappa shape index (κ3) is 6.88. The van der Waals surface area contributed by atoms with Gasteiger partial charge in [-0.3, -0.25) is 14.4 Å². The SMILES string of the molecule is COc1cccc(C(=O)N2CCCN(c3ccc(C(=O)N4CCCNCC4)cc3NC(=O)c3ccc(F)cc3)CC2)c1. The topological polar surface area (TPSA) is 94.2 Å². The molecule has 3 aromatic rings. The molecule has 2 aliphatic rings. The van der Waals surface area contributed by atoms with Gasteiger partial charge in [0.25, 0.3) is 17.7 Å². The van der Waals surface area contributed by atoms with E-state index >= 15 is 0 Å². The van der Waals surface area contributed by atoms with Gasteiger partial charge in [-0.25, -0.2) is 4.39 Å². The highest BCUT2D eigenvalue weighted by Crippen LogP contribution is 2.30. The first kappa shape index (κ1) is 29.1. The number of nitrogens with zero attached hydrogens (tertiary/aromatic N) is 3. The fourth-order valence-corrected chi connectivity index (χ4v) is 5.37. The van der Waals surface area contributed by atoms with Crippen molar-refractivity contribution < 1.29 is 23.5 Å². The number of nitrogens with one attached hydrogen (secondary N) is 2. The zero-order valence-corrected chi connectivity index (χ0v) is 23.8. The van der Waals surface area contributed by atoms with Gasteiger partial charge < -0.3 is 30.1 Å². The Balaban J connectivity index is 1.38. The van der Waals surface area contributed by atoms with Crippen molar-refractivity contribution >= 4 is 29.1 Å². The molecule has 2 saturated heterocycles. The van der Waals surface area contributed by atoms with E-state index < -0.39 is 11.7 Å². The quantitative estimate of drug-likeness (QED) is 0.465. The predicted molar refractivity (Wildman–Crippen MR) is 160 cm³/mol. The summed E-state index contributed by atoms with van der Waals surface area (Å²) < 4.78 is 18.8. The third-order valence-electron chi connectivity index (χ3n) is 7.67. The number of hydrogen-bond donors (Lipinski definition) is 2. The normalized spacial score (nSPS) is 15.9. The Morgan fingerprint density at radius 1 is 0.762 bits per heavy atom. The molecule has 0 atom stereocenters. The van der Waals surface area contributed by atoms with Crippen LogP contribution >= 0.6 is 0 Å². The van der Waals surface area contributed by atoms with Crippen LogP contribution in [0.5, 0.6) is 5.75 Å². The fraction of sp³-hybridized carbons (Fsp3) is 0.344. The Kier molecular flexibility index (Phi) is 9.33. The molecule has 2 N–H and O–H groups in total. The zero-order chi connectivity index (χ0) is 29.5. The first-order chi connectivity index (χ1) is 20.4. The van der Waals surface area contributed by atoms with Crippen LogP contribution in [0.15, 0.2) is 66.7 Å². The largest absolute Gasteiger partial charge is 0.497 e. The van der Waals surface area contributed by atoms with Gasteiger partial charge in [-0.15, -0.1) is 0 Å². The maximum Gasteiger partial charge on any atom is 0.255 e. The first-order valence-corrected chi connectivity index (χ1v) is 14.3. The molecule has 42 heavy (non-hydrogen) atoms. The monoisotopic (exact) mass is 573 g/mol. The number of ether oxygens (including phenoxy) is 1. The third-order valence-corrected chi connectivity index (χ3v) is 7.67. The van der Waals surface area contributed by atoms with E-state index in [0.717, 1.165) is 31.6 Å². The van der Waals surface area contributed by atoms with E-state index in [4.69, 9.17) is 4.74 Å². The van der Waals surface area contributed by atoms with E-state index in [9.17, 15) is 18.8 Å². The van der Waals surface area contributed by atoms with Gasteiger partial charge in [-0.1, -0.05) is 6.07 Å². The lowest BCUT2D eigenvalue weighted by atomic mass is 10.1. The van der Waals surface area contributed by atoms with Crippen molar-refractivity contribution in [2.45, 2.75) is 12.8 Å². The van der Waals surface area contributed by atoms with Crippen molar-refractivity contribution in [3.05, 3.63) is 89.2 Å². The smallest absolute Gasteiger partial charge is 0.255 e. The number of anilines is 2. The van der Waals surface area contributed by atoms with Crippen LogP contribution < -0.4 is 20.3 Å². The molecule has 0 aliphatic carbocycles. The number of carbonyl (C=O) groups is 3. The Hall–Kier alpha value is -4.44. The average molecular weight is 574 g/mol. The maximum atomic E-state index is 13.5. The standard InChI is InChI=1S/C32H36FN5O4/c1-42-27-6-2-5-24(21-27)31(40)38-17-4-16-36(19-20-38)29-12-9-25(32(41)37-15-3-13-34-14-18-37)22-28(29)35-30(39)23-7-10-26(33)11-8-23/h2,5-12,21-22,34H,3-4,13-20H2,1H3,(H,35,39). The van der Waals surface area contributed by atoms with Crippen molar-refractivity contribution in [2.75, 3.05) is 69.7 Å². The van der Waals surface area contributed by atoms with Crippen molar-refractivity contribution in [2.24, 2.45) is 0 Å². The summed E-state index contributed by atoms with van der Waals surface area (Å²) in [5.41, 5.74) is 2.62. The van der Waals surface area contributed by atoms with Gasteiger partial charge in [-0.2, -0.15) is 0 Å². The van der Waals surface area contributed by atoms with Crippen LogP contribution in [0, 0.1) is 5.82 Å². The van der Waals surface area contributed by atoms with E-state index in [2.05, 4.69) is 15.5 Å². The summed E-state index contributed by atoms with van der Waals surface area (Å²) in [5.74, 6) is -0.347. The molecule has 9 nitrogen and oxygen atoms in total. The Morgan fingerprint density at radius 2 is 1.48 bits per heavy atom. The number of methoxy groups -OCH3 is 1. The minimum Gasteiger partial charge on any atom is -0.497 e. The number of amides is 3. The molecule has 0 spiro atoms. The molecule has 2 heterocycles.